The number of hydrogen-bond donors (Lipinski definition) is 1. The Balaban J connectivity index is 1.40. The largest absolute Gasteiger partial charge is 0.479 e. The Bertz CT molecular complexity index is 1320. The predicted octanol–water partition coefficient (Wildman–Crippen LogP) is 2.78. The first-order valence-electron chi connectivity index (χ1n) is 10.4. The summed E-state index contributed by atoms with van der Waals surface area (Å²) < 4.78 is 40.4. The van der Waals surface area contributed by atoms with Crippen LogP contribution in [0.3, 0.4) is 0 Å². The van der Waals surface area contributed by atoms with Gasteiger partial charge in [-0.1, -0.05) is 0 Å². The molecule has 3 atom stereocenters. The summed E-state index contributed by atoms with van der Waals surface area (Å²) in [5.41, 5.74) is 3.20. The van der Waals surface area contributed by atoms with E-state index in [0.29, 0.717) is 52.2 Å². The number of fused-ring (bicyclic) bond motifs is 3. The lowest BCUT2D eigenvalue weighted by atomic mass is 10.1. The van der Waals surface area contributed by atoms with Crippen molar-refractivity contribution in [3.8, 4) is 17.0 Å². The van der Waals surface area contributed by atoms with E-state index in [4.69, 9.17) is 9.47 Å². The maximum absolute atomic E-state index is 13.1. The first kappa shape index (κ1) is 19.4. The first-order valence-corrected chi connectivity index (χ1v) is 10.4. The maximum atomic E-state index is 13.1. The van der Waals surface area contributed by atoms with E-state index in [1.807, 2.05) is 18.3 Å². The number of imidazole rings is 1. The molecule has 1 saturated carbocycles. The molecule has 6 rings (SSSR count). The van der Waals surface area contributed by atoms with Crippen molar-refractivity contribution in [2.45, 2.75) is 25.9 Å². The van der Waals surface area contributed by atoms with Gasteiger partial charge in [-0.05, 0) is 19.1 Å². The van der Waals surface area contributed by atoms with E-state index in [1.54, 1.807) is 24.7 Å². The summed E-state index contributed by atoms with van der Waals surface area (Å²) in [5, 5.41) is 7.99. The number of pyridine rings is 1. The molecule has 0 radical (unpaired) electrons. The van der Waals surface area contributed by atoms with Crippen molar-refractivity contribution in [2.24, 2.45) is 11.8 Å². The molecule has 1 N–H and O–H groups in total. The van der Waals surface area contributed by atoms with Gasteiger partial charge in [0.15, 0.2) is 5.65 Å². The lowest BCUT2D eigenvalue weighted by Gasteiger charge is -2.11. The molecular formula is C21H21F2N7O2. The smallest absolute Gasteiger partial charge is 0.256 e. The van der Waals surface area contributed by atoms with Gasteiger partial charge in [-0.2, -0.15) is 4.98 Å². The highest BCUT2D eigenvalue weighted by Crippen LogP contribution is 2.45. The van der Waals surface area contributed by atoms with Crippen LogP contribution in [0.1, 0.15) is 5.82 Å². The molecule has 2 fully saturated rings. The third-order valence-electron chi connectivity index (χ3n) is 6.35. The molecule has 1 aliphatic heterocycles. The fourth-order valence-electron chi connectivity index (χ4n) is 4.67. The van der Waals surface area contributed by atoms with Gasteiger partial charge in [-0.25, -0.2) is 23.3 Å². The highest BCUT2D eigenvalue weighted by Gasteiger charge is 2.54. The zero-order valence-corrected chi connectivity index (χ0v) is 17.5. The quantitative estimate of drug-likeness (QED) is 0.492. The predicted molar refractivity (Wildman–Crippen MR) is 112 cm³/mol. The molecule has 1 unspecified atom stereocenters. The van der Waals surface area contributed by atoms with Crippen LogP contribution in [-0.4, -0.2) is 61.9 Å². The van der Waals surface area contributed by atoms with Gasteiger partial charge in [0, 0.05) is 41.4 Å². The highest BCUT2D eigenvalue weighted by molar-refractivity contribution is 5.88. The zero-order chi connectivity index (χ0) is 22.0. The number of anilines is 1. The minimum Gasteiger partial charge on any atom is -0.479 e. The molecular weight excluding hydrogens is 420 g/mol. The van der Waals surface area contributed by atoms with Gasteiger partial charge in [-0.3, -0.25) is 0 Å². The van der Waals surface area contributed by atoms with Crippen molar-refractivity contribution >= 4 is 22.6 Å². The second-order valence-corrected chi connectivity index (χ2v) is 8.23. The van der Waals surface area contributed by atoms with Crippen LogP contribution in [0.5, 0.6) is 5.88 Å². The van der Waals surface area contributed by atoms with Crippen LogP contribution >= 0.6 is 0 Å². The number of hydrogen-bond acceptors (Lipinski definition) is 7. The van der Waals surface area contributed by atoms with Crippen LogP contribution in [0.25, 0.3) is 27.8 Å². The van der Waals surface area contributed by atoms with Crippen LogP contribution in [0.4, 0.5) is 14.7 Å². The second kappa shape index (κ2) is 7.09. The molecule has 0 aromatic carbocycles. The van der Waals surface area contributed by atoms with E-state index in [9.17, 15) is 8.78 Å². The topological polar surface area (TPSA) is 91.4 Å². The Morgan fingerprint density at radius 2 is 2.09 bits per heavy atom. The number of aromatic nitrogens is 6. The SMILES string of the molecule is COc1nc(NC2[C@H]3COC[C@@H]23)nn2ccc(-c3cnc4nc(C)n(CC(F)F)c4c3)c12. The van der Waals surface area contributed by atoms with Gasteiger partial charge in [0.1, 0.15) is 11.3 Å². The molecule has 32 heavy (non-hydrogen) atoms. The van der Waals surface area contributed by atoms with E-state index in [-0.39, 0.29) is 0 Å². The molecule has 1 aliphatic carbocycles. The van der Waals surface area contributed by atoms with Crippen molar-refractivity contribution in [1.29, 1.82) is 0 Å². The number of halogens is 2. The fourth-order valence-corrected chi connectivity index (χ4v) is 4.67. The third-order valence-corrected chi connectivity index (χ3v) is 6.35. The average Bonchev–Trinajstić information content (AvgIpc) is 3.19. The third kappa shape index (κ3) is 2.99. The number of alkyl halides is 2. The first-order chi connectivity index (χ1) is 15.5. The van der Waals surface area contributed by atoms with Crippen LogP contribution in [0.15, 0.2) is 24.5 Å². The molecule has 5 heterocycles. The average molecular weight is 441 g/mol. The Kier molecular flexibility index (Phi) is 4.29. The van der Waals surface area contributed by atoms with Gasteiger partial charge >= 0.3 is 0 Å². The van der Waals surface area contributed by atoms with Crippen LogP contribution < -0.4 is 10.1 Å². The number of ether oxygens (including phenoxy) is 2. The van der Waals surface area contributed by atoms with Crippen molar-refractivity contribution in [3.05, 3.63) is 30.4 Å². The van der Waals surface area contributed by atoms with Crippen LogP contribution in [0, 0.1) is 18.8 Å². The molecule has 1 saturated heterocycles. The van der Waals surface area contributed by atoms with E-state index in [1.165, 1.54) is 4.57 Å². The molecule has 4 aromatic rings. The number of aryl methyl sites for hydroxylation is 1. The lowest BCUT2D eigenvalue weighted by Crippen LogP contribution is -2.16. The minimum atomic E-state index is -2.48. The van der Waals surface area contributed by atoms with Gasteiger partial charge < -0.3 is 19.4 Å². The summed E-state index contributed by atoms with van der Waals surface area (Å²) in [6, 6.07) is 4.03. The summed E-state index contributed by atoms with van der Waals surface area (Å²) in [6.45, 7) is 2.81. The second-order valence-electron chi connectivity index (χ2n) is 8.23. The Morgan fingerprint density at radius 3 is 2.84 bits per heavy atom. The molecule has 0 spiro atoms. The fraction of sp³-hybridized carbons (Fsp3) is 0.429. The highest BCUT2D eigenvalue weighted by atomic mass is 19.3. The minimum absolute atomic E-state index is 0.325. The number of nitrogens with zero attached hydrogens (tertiary/aromatic N) is 6. The van der Waals surface area contributed by atoms with Gasteiger partial charge in [0.2, 0.25) is 11.8 Å². The van der Waals surface area contributed by atoms with Crippen molar-refractivity contribution in [1.82, 2.24) is 29.1 Å². The Morgan fingerprint density at radius 1 is 1.28 bits per heavy atom. The molecule has 11 heteroatoms. The van der Waals surface area contributed by atoms with Crippen LogP contribution in [-0.2, 0) is 11.3 Å². The molecule has 0 bridgehead atoms. The summed E-state index contributed by atoms with van der Waals surface area (Å²) >= 11 is 0. The standard InChI is InChI=1S/C21H21F2N7O2/c1-10-25-19-15(29(10)7-16(22)23)5-11(6-24-19)12-3-4-30-18(12)20(31-2)27-21(28-30)26-17-13-8-32-9-14(13)17/h3-6,13-14,16-17H,7-9H2,1-2H3,(H,26,28)/t13-,14+,17?. The van der Waals surface area contributed by atoms with Crippen molar-refractivity contribution in [3.63, 3.8) is 0 Å². The molecule has 166 valence electrons. The van der Waals surface area contributed by atoms with Crippen molar-refractivity contribution in [2.75, 3.05) is 25.6 Å². The Labute approximate surface area is 181 Å². The number of rotatable bonds is 6. The lowest BCUT2D eigenvalue weighted by molar-refractivity contribution is 0.127. The number of nitrogens with one attached hydrogen (secondary N) is 1. The molecule has 4 aromatic heterocycles. The van der Waals surface area contributed by atoms with E-state index in [0.717, 1.165) is 24.3 Å². The van der Waals surface area contributed by atoms with Gasteiger partial charge in [0.25, 0.3) is 6.43 Å². The molecule has 9 nitrogen and oxygen atoms in total. The normalized spacial score (nSPS) is 22.1. The molecule has 0 amide bonds. The summed E-state index contributed by atoms with van der Waals surface area (Å²) in [7, 11) is 1.56. The van der Waals surface area contributed by atoms with Crippen LogP contribution in [0.2, 0.25) is 0 Å². The molecule has 2 aliphatic rings. The van der Waals surface area contributed by atoms with Gasteiger partial charge in [0.05, 0.1) is 32.4 Å². The summed E-state index contributed by atoms with van der Waals surface area (Å²) in [5.74, 6) is 2.44. The zero-order valence-electron chi connectivity index (χ0n) is 17.5. The summed E-state index contributed by atoms with van der Waals surface area (Å²) in [4.78, 5) is 13.3. The van der Waals surface area contributed by atoms with E-state index in [2.05, 4.69) is 25.4 Å². The summed E-state index contributed by atoms with van der Waals surface area (Å²) in [6.07, 6.45) is 1.01. The number of methoxy groups -OCH3 is 1. The van der Waals surface area contributed by atoms with E-state index < -0.39 is 13.0 Å². The Hall–Kier alpha value is -3.34. The van der Waals surface area contributed by atoms with Gasteiger partial charge in [-0.15, -0.1) is 5.10 Å². The van der Waals surface area contributed by atoms with E-state index >= 15 is 0 Å². The van der Waals surface area contributed by atoms with Crippen molar-refractivity contribution < 1.29 is 18.3 Å². The monoisotopic (exact) mass is 441 g/mol. The maximum Gasteiger partial charge on any atom is 0.256 e.